The lowest BCUT2D eigenvalue weighted by Gasteiger charge is -2.24. The number of carbonyl (C=O) groups excluding carboxylic acids is 2. The van der Waals surface area contributed by atoms with Gasteiger partial charge in [-0.05, 0) is 33.6 Å². The molecule has 0 bridgehead atoms. The van der Waals surface area contributed by atoms with Crippen molar-refractivity contribution in [3.8, 4) is 0 Å². The van der Waals surface area contributed by atoms with Crippen LogP contribution in [0.1, 0.15) is 39.8 Å². The molecular formula is C19H29N6O7PS. The highest BCUT2D eigenvalue weighted by Gasteiger charge is 2.29. The van der Waals surface area contributed by atoms with Crippen molar-refractivity contribution in [1.29, 1.82) is 0 Å². The number of rotatable bonds is 8. The van der Waals surface area contributed by atoms with Crippen LogP contribution >= 0.6 is 19.8 Å². The summed E-state index contributed by atoms with van der Waals surface area (Å²) in [5.41, 5.74) is 0.252. The number of imidazole rings is 1. The number of aromatic nitrogens is 4. The third-order valence-corrected chi connectivity index (χ3v) is 5.44. The third-order valence-electron chi connectivity index (χ3n) is 4.72. The lowest BCUT2D eigenvalue weighted by atomic mass is 10.2. The van der Waals surface area contributed by atoms with E-state index in [0.717, 1.165) is 6.42 Å². The molecular weight excluding hydrogens is 487 g/mol. The maximum atomic E-state index is 12.2. The number of carbonyl (C=O) groups is 2. The molecule has 15 heteroatoms. The van der Waals surface area contributed by atoms with E-state index in [2.05, 4.69) is 32.5 Å². The summed E-state index contributed by atoms with van der Waals surface area (Å²) in [7, 11) is -0.183. The van der Waals surface area contributed by atoms with Crippen LogP contribution in [0.25, 0.3) is 11.2 Å². The summed E-state index contributed by atoms with van der Waals surface area (Å²) in [6.07, 6.45) is 2.57. The van der Waals surface area contributed by atoms with Crippen molar-refractivity contribution in [3.63, 3.8) is 0 Å². The largest absolute Gasteiger partial charge is 0.447 e. The number of thiol groups is 1. The summed E-state index contributed by atoms with van der Waals surface area (Å²) in [5.74, 6) is 0.188. The summed E-state index contributed by atoms with van der Waals surface area (Å²) in [5, 5.41) is 2.55. The predicted octanol–water partition coefficient (Wildman–Crippen LogP) is 3.08. The van der Waals surface area contributed by atoms with E-state index in [0.29, 0.717) is 17.6 Å². The third kappa shape index (κ3) is 7.37. The van der Waals surface area contributed by atoms with E-state index < -0.39 is 25.4 Å². The van der Waals surface area contributed by atoms with Crippen LogP contribution in [0.2, 0.25) is 0 Å². The fourth-order valence-corrected chi connectivity index (χ4v) is 3.66. The van der Waals surface area contributed by atoms with E-state index in [1.165, 1.54) is 11.2 Å². The zero-order valence-corrected chi connectivity index (χ0v) is 21.2. The molecule has 3 atom stereocenters. The maximum Gasteiger partial charge on any atom is 0.412 e. The Bertz CT molecular complexity index is 1000. The Labute approximate surface area is 203 Å². The molecule has 13 nitrogen and oxygen atoms in total. The number of hydrogen-bond acceptors (Lipinski definition) is 11. The average molecular weight is 517 g/mol. The Hall–Kier alpha value is -2.25. The van der Waals surface area contributed by atoms with Gasteiger partial charge in [-0.25, -0.2) is 24.5 Å². The smallest absolute Gasteiger partial charge is 0.412 e. The summed E-state index contributed by atoms with van der Waals surface area (Å²) >= 11 is 3.84. The van der Waals surface area contributed by atoms with Crippen molar-refractivity contribution < 1.29 is 33.2 Å². The Kier molecular flexibility index (Phi) is 8.88. The van der Waals surface area contributed by atoms with Gasteiger partial charge >= 0.3 is 12.2 Å². The lowest BCUT2D eigenvalue weighted by molar-refractivity contribution is -0.0150. The van der Waals surface area contributed by atoms with Gasteiger partial charge in [0, 0.05) is 7.05 Å². The number of anilines is 1. The molecule has 0 radical (unpaired) electrons. The second-order valence-corrected chi connectivity index (χ2v) is 10.3. The molecule has 0 saturated carbocycles. The molecule has 3 unspecified atom stereocenters. The van der Waals surface area contributed by atoms with Crippen molar-refractivity contribution in [2.75, 3.05) is 32.1 Å². The predicted molar refractivity (Wildman–Crippen MR) is 126 cm³/mol. The van der Waals surface area contributed by atoms with Gasteiger partial charge in [0.15, 0.2) is 17.0 Å². The minimum Gasteiger partial charge on any atom is -0.447 e. The fraction of sp³-hybridized carbons (Fsp3) is 0.632. The van der Waals surface area contributed by atoms with Crippen LogP contribution in [-0.2, 0) is 18.7 Å². The van der Waals surface area contributed by atoms with Gasteiger partial charge in [-0.1, -0.05) is 12.2 Å². The summed E-state index contributed by atoms with van der Waals surface area (Å²) in [6.45, 7) is 5.68. The second kappa shape index (κ2) is 11.5. The van der Waals surface area contributed by atoms with Crippen molar-refractivity contribution in [3.05, 3.63) is 12.7 Å². The van der Waals surface area contributed by atoms with Crippen LogP contribution in [0.3, 0.4) is 0 Å². The Morgan fingerprint density at radius 3 is 2.82 bits per heavy atom. The van der Waals surface area contributed by atoms with E-state index in [4.69, 9.17) is 18.7 Å². The summed E-state index contributed by atoms with van der Waals surface area (Å²) in [4.78, 5) is 47.4. The Balaban J connectivity index is 1.54. The highest BCUT2D eigenvalue weighted by atomic mass is 32.7. The quantitative estimate of drug-likeness (QED) is 0.353. The highest BCUT2D eigenvalue weighted by Crippen LogP contribution is 2.38. The Morgan fingerprint density at radius 1 is 1.35 bits per heavy atom. The number of nitrogens with one attached hydrogen (secondary N) is 1. The molecule has 2 aromatic heterocycles. The van der Waals surface area contributed by atoms with E-state index >= 15 is 0 Å². The fourth-order valence-electron chi connectivity index (χ4n) is 3.16. The first kappa shape index (κ1) is 26.4. The number of amides is 2. The van der Waals surface area contributed by atoms with E-state index in [1.807, 2.05) is 0 Å². The zero-order chi connectivity index (χ0) is 24.9. The van der Waals surface area contributed by atoms with E-state index in [9.17, 15) is 14.5 Å². The molecule has 3 rings (SSSR count). The number of nitrogens with zero attached hydrogens (tertiary/aromatic N) is 5. The van der Waals surface area contributed by atoms with Gasteiger partial charge in [-0.3, -0.25) is 9.88 Å². The molecule has 2 amide bonds. The van der Waals surface area contributed by atoms with Gasteiger partial charge in [0.25, 0.3) is 0 Å². The van der Waals surface area contributed by atoms with E-state index in [1.54, 1.807) is 38.7 Å². The van der Waals surface area contributed by atoms with Gasteiger partial charge in [-0.15, -0.1) is 0 Å². The highest BCUT2D eigenvalue weighted by molar-refractivity contribution is 8.41. The second-order valence-electron chi connectivity index (χ2n) is 8.55. The number of fused-ring (bicyclic) bond motifs is 1. The average Bonchev–Trinajstić information content (AvgIpc) is 3.38. The van der Waals surface area contributed by atoms with Crippen molar-refractivity contribution in [2.24, 2.45) is 0 Å². The monoisotopic (exact) mass is 516 g/mol. The summed E-state index contributed by atoms with van der Waals surface area (Å²) in [6, 6.07) is 0. The van der Waals surface area contributed by atoms with Crippen LogP contribution in [0.5, 0.6) is 0 Å². The van der Waals surface area contributed by atoms with Gasteiger partial charge in [0.1, 0.15) is 24.8 Å². The van der Waals surface area contributed by atoms with Gasteiger partial charge in [0.05, 0.1) is 25.6 Å². The van der Waals surface area contributed by atoms with Crippen LogP contribution in [0.4, 0.5) is 15.4 Å². The van der Waals surface area contributed by atoms with Crippen LogP contribution in [-0.4, -0.2) is 80.0 Å². The van der Waals surface area contributed by atoms with Crippen molar-refractivity contribution in [2.45, 2.75) is 51.5 Å². The maximum absolute atomic E-state index is 12.2. The molecule has 1 saturated heterocycles. The van der Waals surface area contributed by atoms with Gasteiger partial charge in [0.2, 0.25) is 7.58 Å². The van der Waals surface area contributed by atoms with Crippen LogP contribution < -0.4 is 5.32 Å². The minimum atomic E-state index is -1.74. The lowest BCUT2D eigenvalue weighted by Crippen LogP contribution is -2.36. The molecule has 1 aliphatic heterocycles. The molecule has 2 N–H and O–H groups in total. The summed E-state index contributed by atoms with van der Waals surface area (Å²) < 4.78 is 23.3. The van der Waals surface area contributed by atoms with Crippen LogP contribution in [0.15, 0.2) is 12.7 Å². The number of likely N-dealkylation sites (N-methyl/N-ethyl adjacent to an activating group) is 1. The van der Waals surface area contributed by atoms with Crippen molar-refractivity contribution in [1.82, 2.24) is 24.4 Å². The molecule has 2 aromatic rings. The molecule has 1 aliphatic rings. The number of hydrogen-bond donors (Lipinski definition) is 3. The van der Waals surface area contributed by atoms with Gasteiger partial charge in [-0.2, -0.15) is 0 Å². The zero-order valence-electron chi connectivity index (χ0n) is 19.4. The molecule has 0 aromatic carbocycles. The first-order chi connectivity index (χ1) is 16.0. The normalized spacial score (nSPS) is 19.1. The molecule has 1 fully saturated rings. The van der Waals surface area contributed by atoms with Gasteiger partial charge < -0.3 is 28.5 Å². The molecule has 3 heterocycles. The SMILES string of the molecule is CN(CCOC(=O)Nc1ncnc2c1ncn2C1CCC(COP(O)S)O1)C(=O)OC(C)(C)C. The first-order valence-corrected chi connectivity index (χ1v) is 12.9. The number of ether oxygens (including phenoxy) is 3. The topological polar surface area (TPSA) is 150 Å². The molecule has 0 spiro atoms. The van der Waals surface area contributed by atoms with Crippen LogP contribution in [0, 0.1) is 0 Å². The standard InChI is InChI=1S/C19H29N6O7PS/c1-19(2,3)32-18(27)24(4)7-8-29-17(26)23-15-14-16(21-10-20-15)25(11-22-14)13-6-5-12(31-13)9-30-33(28)34/h10-13,28,34H,5-9H2,1-4H3,(H,20,21,23,26). The first-order valence-electron chi connectivity index (χ1n) is 10.5. The Morgan fingerprint density at radius 2 is 2.12 bits per heavy atom. The van der Waals surface area contributed by atoms with E-state index in [-0.39, 0.29) is 37.9 Å². The van der Waals surface area contributed by atoms with Crippen molar-refractivity contribution >= 4 is 49.0 Å². The molecule has 188 valence electrons. The molecule has 34 heavy (non-hydrogen) atoms. The minimum absolute atomic E-state index is 0.0358. The molecule has 0 aliphatic carbocycles.